The molecule has 0 saturated carbocycles. The number of aryl methyl sites for hydroxylation is 1. The van der Waals surface area contributed by atoms with Gasteiger partial charge in [-0.1, -0.05) is 12.1 Å². The molecule has 0 bridgehead atoms. The van der Waals surface area contributed by atoms with Gasteiger partial charge in [0.1, 0.15) is 0 Å². The molecule has 0 radical (unpaired) electrons. The summed E-state index contributed by atoms with van der Waals surface area (Å²) < 4.78 is 2.00. The molecule has 0 saturated heterocycles. The zero-order valence-electron chi connectivity index (χ0n) is 11.0. The van der Waals surface area contributed by atoms with Gasteiger partial charge in [-0.05, 0) is 30.2 Å². The number of hydrogen-bond acceptors (Lipinski definition) is 3. The molecule has 100 valence electrons. The number of pyridine rings is 1. The van der Waals surface area contributed by atoms with Gasteiger partial charge in [-0.15, -0.1) is 0 Å². The Kier molecular flexibility index (Phi) is 2.95. The van der Waals surface area contributed by atoms with Crippen LogP contribution in [0.3, 0.4) is 0 Å². The van der Waals surface area contributed by atoms with Gasteiger partial charge >= 0.3 is 0 Å². The standard InChI is InChI=1S/C15H13N3O2/c1-11-7-12(9-16-8-11)10-17-6-5-13-14(17)3-2-4-15(13)18(19)20/h2-9H,10H2,1H3. The Morgan fingerprint density at radius 1 is 1.30 bits per heavy atom. The lowest BCUT2D eigenvalue weighted by atomic mass is 10.2. The molecule has 0 aliphatic carbocycles. The molecule has 0 aliphatic rings. The molecule has 5 nitrogen and oxygen atoms in total. The van der Waals surface area contributed by atoms with Crippen LogP contribution >= 0.6 is 0 Å². The largest absolute Gasteiger partial charge is 0.343 e. The van der Waals surface area contributed by atoms with Crippen LogP contribution < -0.4 is 0 Å². The van der Waals surface area contributed by atoms with Crippen molar-refractivity contribution in [3.63, 3.8) is 0 Å². The van der Waals surface area contributed by atoms with Crippen LogP contribution in [0.1, 0.15) is 11.1 Å². The highest BCUT2D eigenvalue weighted by molar-refractivity contribution is 5.89. The zero-order valence-corrected chi connectivity index (χ0v) is 11.0. The SMILES string of the molecule is Cc1cncc(Cn2ccc3c([N+](=O)[O-])cccc32)c1. The number of nitrogens with zero attached hydrogens (tertiary/aromatic N) is 3. The van der Waals surface area contributed by atoms with E-state index in [0.717, 1.165) is 16.6 Å². The smallest absolute Gasteiger partial charge is 0.278 e. The molecule has 2 heterocycles. The fourth-order valence-electron chi connectivity index (χ4n) is 2.40. The maximum Gasteiger partial charge on any atom is 0.278 e. The molecule has 0 unspecified atom stereocenters. The Morgan fingerprint density at radius 3 is 2.90 bits per heavy atom. The predicted octanol–water partition coefficient (Wildman–Crippen LogP) is 3.30. The molecule has 1 aromatic carbocycles. The quantitative estimate of drug-likeness (QED) is 0.540. The first-order valence-electron chi connectivity index (χ1n) is 6.28. The highest BCUT2D eigenvalue weighted by Crippen LogP contribution is 2.26. The maximum atomic E-state index is 11.0. The predicted molar refractivity (Wildman–Crippen MR) is 76.7 cm³/mol. The third-order valence-electron chi connectivity index (χ3n) is 3.27. The number of nitro groups is 1. The number of benzene rings is 1. The summed E-state index contributed by atoms with van der Waals surface area (Å²) in [7, 11) is 0. The Bertz CT molecular complexity index is 793. The first-order chi connectivity index (χ1) is 9.65. The minimum absolute atomic E-state index is 0.142. The van der Waals surface area contributed by atoms with Crippen LogP contribution in [-0.4, -0.2) is 14.5 Å². The first kappa shape index (κ1) is 12.3. The van der Waals surface area contributed by atoms with Gasteiger partial charge in [0.25, 0.3) is 5.69 Å². The average Bonchev–Trinajstić information content (AvgIpc) is 2.82. The van der Waals surface area contributed by atoms with Gasteiger partial charge in [0, 0.05) is 31.2 Å². The highest BCUT2D eigenvalue weighted by atomic mass is 16.6. The molecule has 2 aromatic heterocycles. The third-order valence-corrected chi connectivity index (χ3v) is 3.27. The number of fused-ring (bicyclic) bond motifs is 1. The van der Waals surface area contributed by atoms with E-state index < -0.39 is 0 Å². The van der Waals surface area contributed by atoms with E-state index in [-0.39, 0.29) is 10.6 Å². The van der Waals surface area contributed by atoms with Crippen LogP contribution in [-0.2, 0) is 6.54 Å². The van der Waals surface area contributed by atoms with E-state index in [1.165, 1.54) is 6.07 Å². The van der Waals surface area contributed by atoms with Crippen molar-refractivity contribution >= 4 is 16.6 Å². The van der Waals surface area contributed by atoms with Crippen LogP contribution in [0.25, 0.3) is 10.9 Å². The van der Waals surface area contributed by atoms with E-state index in [9.17, 15) is 10.1 Å². The Hall–Kier alpha value is -2.69. The molecule has 0 aliphatic heterocycles. The fourth-order valence-corrected chi connectivity index (χ4v) is 2.40. The van der Waals surface area contributed by atoms with E-state index in [2.05, 4.69) is 11.1 Å². The summed E-state index contributed by atoms with van der Waals surface area (Å²) in [5.74, 6) is 0. The maximum absolute atomic E-state index is 11.0. The summed E-state index contributed by atoms with van der Waals surface area (Å²) in [6, 6.07) is 8.99. The summed E-state index contributed by atoms with van der Waals surface area (Å²) in [6.45, 7) is 2.65. The second-order valence-electron chi connectivity index (χ2n) is 4.78. The summed E-state index contributed by atoms with van der Waals surface area (Å²) in [4.78, 5) is 14.8. The molecular formula is C15H13N3O2. The lowest BCUT2D eigenvalue weighted by Crippen LogP contribution is -1.99. The Labute approximate surface area is 115 Å². The van der Waals surface area contributed by atoms with Crippen molar-refractivity contribution in [2.75, 3.05) is 0 Å². The van der Waals surface area contributed by atoms with Crippen LogP contribution in [0.15, 0.2) is 48.9 Å². The number of nitro benzene ring substituents is 1. The van der Waals surface area contributed by atoms with Crippen molar-refractivity contribution in [1.82, 2.24) is 9.55 Å². The summed E-state index contributed by atoms with van der Waals surface area (Å²) in [6.07, 6.45) is 5.50. The van der Waals surface area contributed by atoms with Gasteiger partial charge in [0.05, 0.1) is 15.8 Å². The zero-order chi connectivity index (χ0) is 14.1. The van der Waals surface area contributed by atoms with Crippen LogP contribution in [0.5, 0.6) is 0 Å². The van der Waals surface area contributed by atoms with Gasteiger partial charge in [-0.25, -0.2) is 0 Å². The van der Waals surface area contributed by atoms with Crippen LogP contribution in [0, 0.1) is 17.0 Å². The van der Waals surface area contributed by atoms with E-state index in [1.807, 2.05) is 36.1 Å². The molecule has 3 aromatic rings. The fraction of sp³-hybridized carbons (Fsp3) is 0.133. The number of rotatable bonds is 3. The van der Waals surface area contributed by atoms with Gasteiger partial charge < -0.3 is 4.57 Å². The molecule has 0 N–H and O–H groups in total. The Morgan fingerprint density at radius 2 is 2.15 bits per heavy atom. The minimum Gasteiger partial charge on any atom is -0.343 e. The van der Waals surface area contributed by atoms with Gasteiger partial charge in [0.2, 0.25) is 0 Å². The van der Waals surface area contributed by atoms with Crippen molar-refractivity contribution in [3.8, 4) is 0 Å². The average molecular weight is 267 g/mol. The third kappa shape index (κ3) is 2.14. The molecule has 0 amide bonds. The van der Waals surface area contributed by atoms with Gasteiger partial charge in [-0.3, -0.25) is 15.1 Å². The second-order valence-corrected chi connectivity index (χ2v) is 4.78. The van der Waals surface area contributed by atoms with Crippen LogP contribution in [0.4, 0.5) is 5.69 Å². The topological polar surface area (TPSA) is 61.0 Å². The molecule has 20 heavy (non-hydrogen) atoms. The van der Waals surface area contributed by atoms with Crippen molar-refractivity contribution in [2.45, 2.75) is 13.5 Å². The second kappa shape index (κ2) is 4.77. The lowest BCUT2D eigenvalue weighted by Gasteiger charge is -2.06. The van der Waals surface area contributed by atoms with Crippen LogP contribution in [0.2, 0.25) is 0 Å². The van der Waals surface area contributed by atoms with E-state index in [0.29, 0.717) is 11.9 Å². The normalized spacial score (nSPS) is 10.8. The lowest BCUT2D eigenvalue weighted by molar-refractivity contribution is -0.383. The molecule has 0 fully saturated rings. The molecule has 0 atom stereocenters. The number of hydrogen-bond donors (Lipinski definition) is 0. The van der Waals surface area contributed by atoms with E-state index in [1.54, 1.807) is 12.1 Å². The number of aromatic nitrogens is 2. The van der Waals surface area contributed by atoms with Crippen molar-refractivity contribution in [2.24, 2.45) is 0 Å². The Balaban J connectivity index is 2.05. The van der Waals surface area contributed by atoms with E-state index >= 15 is 0 Å². The minimum atomic E-state index is -0.346. The highest BCUT2D eigenvalue weighted by Gasteiger charge is 2.13. The molecular weight excluding hydrogens is 254 g/mol. The van der Waals surface area contributed by atoms with E-state index in [4.69, 9.17) is 0 Å². The molecule has 3 rings (SSSR count). The summed E-state index contributed by atoms with van der Waals surface area (Å²) >= 11 is 0. The van der Waals surface area contributed by atoms with Gasteiger partial charge in [-0.2, -0.15) is 0 Å². The first-order valence-corrected chi connectivity index (χ1v) is 6.28. The summed E-state index contributed by atoms with van der Waals surface area (Å²) in [5.41, 5.74) is 3.18. The van der Waals surface area contributed by atoms with Gasteiger partial charge in [0.15, 0.2) is 0 Å². The van der Waals surface area contributed by atoms with Crippen molar-refractivity contribution in [1.29, 1.82) is 0 Å². The monoisotopic (exact) mass is 267 g/mol. The molecule has 5 heteroatoms. The van der Waals surface area contributed by atoms with Crippen molar-refractivity contribution in [3.05, 3.63) is 70.2 Å². The van der Waals surface area contributed by atoms with Crippen molar-refractivity contribution < 1.29 is 4.92 Å². The molecule has 0 spiro atoms. The summed E-state index contributed by atoms with van der Waals surface area (Å²) in [5, 5.41) is 11.7. The number of non-ortho nitro benzene ring substituents is 1.